The van der Waals surface area contributed by atoms with Crippen molar-refractivity contribution in [2.75, 3.05) is 5.88 Å². The van der Waals surface area contributed by atoms with E-state index in [0.29, 0.717) is 5.92 Å². The minimum atomic E-state index is 0.628. The second-order valence-corrected chi connectivity index (χ2v) is 5.93. The minimum absolute atomic E-state index is 0.628. The third-order valence-corrected chi connectivity index (χ3v) is 4.03. The zero-order valence-corrected chi connectivity index (χ0v) is 12.9. The van der Waals surface area contributed by atoms with Crippen LogP contribution < -0.4 is 0 Å². The molecular formula is C15H22BrCl. The summed E-state index contributed by atoms with van der Waals surface area (Å²) >= 11 is 9.57. The first-order valence-corrected chi connectivity index (χ1v) is 7.89. The maximum atomic E-state index is 6.06. The predicted molar refractivity (Wildman–Crippen MR) is 80.8 cm³/mol. The number of halogens is 2. The van der Waals surface area contributed by atoms with Crippen molar-refractivity contribution in [2.45, 2.75) is 45.4 Å². The summed E-state index contributed by atoms with van der Waals surface area (Å²) in [7, 11) is 0. The largest absolute Gasteiger partial charge is 0.126 e. The highest BCUT2D eigenvalue weighted by molar-refractivity contribution is 9.10. The maximum absolute atomic E-state index is 6.06. The Morgan fingerprint density at radius 1 is 1.24 bits per heavy atom. The number of hydrogen-bond donors (Lipinski definition) is 0. The monoisotopic (exact) mass is 316 g/mol. The Bertz CT molecular complexity index is 312. The van der Waals surface area contributed by atoms with Gasteiger partial charge >= 0.3 is 0 Å². The lowest BCUT2D eigenvalue weighted by Crippen LogP contribution is -2.06. The van der Waals surface area contributed by atoms with Crippen LogP contribution in [0.3, 0.4) is 0 Å². The summed E-state index contributed by atoms with van der Waals surface area (Å²) < 4.78 is 1.16. The van der Waals surface area contributed by atoms with Crippen molar-refractivity contribution in [3.63, 3.8) is 0 Å². The zero-order valence-electron chi connectivity index (χ0n) is 10.6. The number of rotatable bonds is 8. The average Bonchev–Trinajstić information content (AvgIpc) is 2.33. The highest BCUT2D eigenvalue weighted by Crippen LogP contribution is 2.20. The van der Waals surface area contributed by atoms with Gasteiger partial charge in [-0.25, -0.2) is 0 Å². The topological polar surface area (TPSA) is 0 Å². The van der Waals surface area contributed by atoms with Gasteiger partial charge in [0.15, 0.2) is 0 Å². The van der Waals surface area contributed by atoms with E-state index in [2.05, 4.69) is 47.1 Å². The van der Waals surface area contributed by atoms with Crippen LogP contribution in [-0.4, -0.2) is 5.88 Å². The van der Waals surface area contributed by atoms with Crippen LogP contribution in [0.5, 0.6) is 0 Å². The summed E-state index contributed by atoms with van der Waals surface area (Å²) in [6, 6.07) is 8.56. The molecule has 0 nitrogen and oxygen atoms in total. The van der Waals surface area contributed by atoms with Crippen molar-refractivity contribution in [3.05, 3.63) is 34.3 Å². The Kier molecular flexibility index (Phi) is 7.96. The highest BCUT2D eigenvalue weighted by Gasteiger charge is 2.08. The van der Waals surface area contributed by atoms with E-state index in [1.807, 2.05) is 0 Å². The molecule has 1 atom stereocenters. The van der Waals surface area contributed by atoms with Gasteiger partial charge < -0.3 is 0 Å². The van der Waals surface area contributed by atoms with E-state index in [0.717, 1.165) is 16.8 Å². The lowest BCUT2D eigenvalue weighted by atomic mass is 9.95. The molecule has 0 bridgehead atoms. The van der Waals surface area contributed by atoms with E-state index >= 15 is 0 Å². The van der Waals surface area contributed by atoms with Crippen molar-refractivity contribution in [2.24, 2.45) is 5.92 Å². The molecule has 0 saturated carbocycles. The lowest BCUT2D eigenvalue weighted by molar-refractivity contribution is 0.491. The first kappa shape index (κ1) is 15.0. The summed E-state index contributed by atoms with van der Waals surface area (Å²) in [6.07, 6.45) is 7.69. The van der Waals surface area contributed by atoms with Crippen molar-refractivity contribution in [1.29, 1.82) is 0 Å². The molecule has 2 heteroatoms. The molecule has 1 rings (SSSR count). The maximum Gasteiger partial charge on any atom is 0.0254 e. The van der Waals surface area contributed by atoms with Gasteiger partial charge in [0.1, 0.15) is 0 Å². The van der Waals surface area contributed by atoms with Crippen LogP contribution in [0.2, 0.25) is 0 Å². The summed E-state index contributed by atoms with van der Waals surface area (Å²) in [4.78, 5) is 0. The van der Waals surface area contributed by atoms with Gasteiger partial charge in [-0.1, -0.05) is 60.7 Å². The standard InChI is InChI=1S/C15H22BrCl/c1-2-3-4-5-7-14(12-17)10-13-8-6-9-15(16)11-13/h6,8-9,11,14H,2-5,7,10,12H2,1H3. The quantitative estimate of drug-likeness (QED) is 0.419. The second-order valence-electron chi connectivity index (χ2n) is 4.70. The fraction of sp³-hybridized carbons (Fsp3) is 0.600. The van der Waals surface area contributed by atoms with E-state index in [-0.39, 0.29) is 0 Å². The SMILES string of the molecule is CCCCCCC(CCl)Cc1cccc(Br)c1. The summed E-state index contributed by atoms with van der Waals surface area (Å²) in [5.74, 6) is 1.40. The van der Waals surface area contributed by atoms with Gasteiger partial charge in [0, 0.05) is 10.4 Å². The molecule has 0 aromatic heterocycles. The number of alkyl halides is 1. The van der Waals surface area contributed by atoms with E-state index < -0.39 is 0 Å². The Morgan fingerprint density at radius 2 is 2.06 bits per heavy atom. The van der Waals surface area contributed by atoms with Crippen LogP contribution in [0.1, 0.15) is 44.6 Å². The third-order valence-electron chi connectivity index (χ3n) is 3.10. The smallest absolute Gasteiger partial charge is 0.0254 e. The van der Waals surface area contributed by atoms with Crippen LogP contribution in [-0.2, 0) is 6.42 Å². The second kappa shape index (κ2) is 8.99. The molecule has 0 saturated heterocycles. The Hall–Kier alpha value is -0.0100. The summed E-state index contributed by atoms with van der Waals surface area (Å²) in [5.41, 5.74) is 1.39. The summed E-state index contributed by atoms with van der Waals surface area (Å²) in [6.45, 7) is 2.25. The number of hydrogen-bond acceptors (Lipinski definition) is 0. The van der Waals surface area contributed by atoms with Crippen LogP contribution in [0, 0.1) is 5.92 Å². The fourth-order valence-corrected chi connectivity index (χ4v) is 2.80. The first-order chi connectivity index (χ1) is 8.26. The molecule has 0 aliphatic rings. The van der Waals surface area contributed by atoms with Crippen molar-refractivity contribution >= 4 is 27.5 Å². The molecule has 1 aromatic rings. The van der Waals surface area contributed by atoms with E-state index in [1.165, 1.54) is 37.7 Å². The van der Waals surface area contributed by atoms with Gasteiger partial charge in [-0.3, -0.25) is 0 Å². The molecule has 0 aliphatic heterocycles. The van der Waals surface area contributed by atoms with Gasteiger partial charge in [-0.15, -0.1) is 11.6 Å². The van der Waals surface area contributed by atoms with E-state index in [4.69, 9.17) is 11.6 Å². The van der Waals surface area contributed by atoms with Gasteiger partial charge in [-0.05, 0) is 36.5 Å². The molecule has 1 aromatic carbocycles. The van der Waals surface area contributed by atoms with Crippen LogP contribution in [0.25, 0.3) is 0 Å². The Morgan fingerprint density at radius 3 is 2.71 bits per heavy atom. The van der Waals surface area contributed by atoms with Crippen molar-refractivity contribution in [3.8, 4) is 0 Å². The minimum Gasteiger partial charge on any atom is -0.126 e. The van der Waals surface area contributed by atoms with Crippen LogP contribution in [0.4, 0.5) is 0 Å². The van der Waals surface area contributed by atoms with Crippen LogP contribution >= 0.6 is 27.5 Å². The van der Waals surface area contributed by atoms with Crippen LogP contribution in [0.15, 0.2) is 28.7 Å². The van der Waals surface area contributed by atoms with Gasteiger partial charge in [0.2, 0.25) is 0 Å². The lowest BCUT2D eigenvalue weighted by Gasteiger charge is -2.13. The van der Waals surface area contributed by atoms with Crippen molar-refractivity contribution < 1.29 is 0 Å². The molecule has 0 spiro atoms. The zero-order chi connectivity index (χ0) is 12.5. The molecule has 0 aliphatic carbocycles. The van der Waals surface area contributed by atoms with E-state index in [1.54, 1.807) is 0 Å². The molecule has 0 fully saturated rings. The first-order valence-electron chi connectivity index (χ1n) is 6.56. The fourth-order valence-electron chi connectivity index (χ4n) is 2.09. The molecule has 1 unspecified atom stereocenters. The molecular weight excluding hydrogens is 296 g/mol. The Labute approximate surface area is 119 Å². The number of benzene rings is 1. The predicted octanol–water partition coefficient (Wildman–Crippen LogP) is 5.82. The third kappa shape index (κ3) is 6.47. The molecule has 96 valence electrons. The van der Waals surface area contributed by atoms with Gasteiger partial charge in [0.05, 0.1) is 0 Å². The van der Waals surface area contributed by atoms with Gasteiger partial charge in [-0.2, -0.15) is 0 Å². The molecule has 0 radical (unpaired) electrons. The van der Waals surface area contributed by atoms with E-state index in [9.17, 15) is 0 Å². The summed E-state index contributed by atoms with van der Waals surface area (Å²) in [5, 5.41) is 0. The average molecular weight is 318 g/mol. The Balaban J connectivity index is 2.35. The molecule has 17 heavy (non-hydrogen) atoms. The van der Waals surface area contributed by atoms with Gasteiger partial charge in [0.25, 0.3) is 0 Å². The normalized spacial score (nSPS) is 12.6. The number of unbranched alkanes of at least 4 members (excludes halogenated alkanes) is 3. The van der Waals surface area contributed by atoms with Crippen molar-refractivity contribution in [1.82, 2.24) is 0 Å². The molecule has 0 heterocycles. The molecule has 0 amide bonds. The molecule has 0 N–H and O–H groups in total. The highest BCUT2D eigenvalue weighted by atomic mass is 79.9.